The minimum absolute atomic E-state index is 0.114. The summed E-state index contributed by atoms with van der Waals surface area (Å²) in [4.78, 5) is 2.39. The molecule has 5 heteroatoms. The van der Waals surface area contributed by atoms with Crippen LogP contribution in [0, 0.1) is 19.7 Å². The van der Waals surface area contributed by atoms with Gasteiger partial charge in [-0.1, -0.05) is 12.1 Å². The van der Waals surface area contributed by atoms with Crippen LogP contribution in [0.4, 0.5) is 4.39 Å². The predicted molar refractivity (Wildman–Crippen MR) is 83.2 cm³/mol. The molecule has 2 aromatic rings. The Morgan fingerprint density at radius 3 is 3.00 bits per heavy atom. The molecule has 0 aliphatic carbocycles. The Balaban J connectivity index is 1.62. The van der Waals surface area contributed by atoms with E-state index in [2.05, 4.69) is 22.0 Å². The van der Waals surface area contributed by atoms with Crippen molar-refractivity contribution in [2.45, 2.75) is 32.9 Å². The zero-order valence-electron chi connectivity index (χ0n) is 13.1. The molecule has 118 valence electrons. The summed E-state index contributed by atoms with van der Waals surface area (Å²) in [7, 11) is 0. The number of aromatic nitrogens is 2. The van der Waals surface area contributed by atoms with Gasteiger partial charge in [0.25, 0.3) is 0 Å². The number of halogens is 1. The molecule has 0 saturated carbocycles. The SMILES string of the molecule is Cc1n[nH]c(C)c1CN1CCO[C@H](Cc2cccc(F)c2)C1. The fourth-order valence-electron chi connectivity index (χ4n) is 3.00. The summed E-state index contributed by atoms with van der Waals surface area (Å²) in [5, 5.41) is 7.29. The maximum atomic E-state index is 13.3. The maximum absolute atomic E-state index is 13.3. The summed E-state index contributed by atoms with van der Waals surface area (Å²) in [6, 6.07) is 6.77. The Morgan fingerprint density at radius 2 is 2.27 bits per heavy atom. The summed E-state index contributed by atoms with van der Waals surface area (Å²) in [6.07, 6.45) is 0.862. The van der Waals surface area contributed by atoms with Gasteiger partial charge in [-0.25, -0.2) is 4.39 Å². The quantitative estimate of drug-likeness (QED) is 0.944. The molecule has 1 N–H and O–H groups in total. The molecule has 0 spiro atoms. The van der Waals surface area contributed by atoms with Gasteiger partial charge in [-0.05, 0) is 38.0 Å². The minimum Gasteiger partial charge on any atom is -0.375 e. The highest BCUT2D eigenvalue weighted by molar-refractivity contribution is 5.23. The first-order chi connectivity index (χ1) is 10.6. The second kappa shape index (κ2) is 6.58. The lowest BCUT2D eigenvalue weighted by Crippen LogP contribution is -2.43. The van der Waals surface area contributed by atoms with Crippen molar-refractivity contribution in [3.63, 3.8) is 0 Å². The summed E-state index contributed by atoms with van der Waals surface area (Å²) in [6.45, 7) is 7.47. The number of rotatable bonds is 4. The molecule has 0 bridgehead atoms. The zero-order chi connectivity index (χ0) is 15.5. The van der Waals surface area contributed by atoms with Gasteiger partial charge in [-0.3, -0.25) is 10.00 Å². The van der Waals surface area contributed by atoms with Crippen LogP contribution < -0.4 is 0 Å². The molecule has 1 aliphatic heterocycles. The van der Waals surface area contributed by atoms with Crippen LogP contribution in [0.25, 0.3) is 0 Å². The van der Waals surface area contributed by atoms with Gasteiger partial charge >= 0.3 is 0 Å². The van der Waals surface area contributed by atoms with Crippen LogP contribution in [0.2, 0.25) is 0 Å². The molecule has 0 radical (unpaired) electrons. The van der Waals surface area contributed by atoms with Crippen molar-refractivity contribution in [2.24, 2.45) is 0 Å². The molecular weight excluding hydrogens is 281 g/mol. The third-order valence-electron chi connectivity index (χ3n) is 4.24. The Bertz CT molecular complexity index is 621. The number of benzene rings is 1. The van der Waals surface area contributed by atoms with E-state index in [0.29, 0.717) is 0 Å². The van der Waals surface area contributed by atoms with Gasteiger partial charge in [0.05, 0.1) is 18.4 Å². The van der Waals surface area contributed by atoms with E-state index >= 15 is 0 Å². The first-order valence-electron chi connectivity index (χ1n) is 7.70. The number of hydrogen-bond acceptors (Lipinski definition) is 3. The fourth-order valence-corrected chi connectivity index (χ4v) is 3.00. The van der Waals surface area contributed by atoms with E-state index in [1.807, 2.05) is 13.0 Å². The van der Waals surface area contributed by atoms with Crippen LogP contribution in [-0.2, 0) is 17.7 Å². The van der Waals surface area contributed by atoms with E-state index in [9.17, 15) is 4.39 Å². The monoisotopic (exact) mass is 303 g/mol. The maximum Gasteiger partial charge on any atom is 0.123 e. The second-order valence-electron chi connectivity index (χ2n) is 5.97. The molecule has 22 heavy (non-hydrogen) atoms. The molecule has 0 amide bonds. The number of hydrogen-bond donors (Lipinski definition) is 1. The van der Waals surface area contributed by atoms with Gasteiger partial charge in [0.15, 0.2) is 0 Å². The van der Waals surface area contributed by atoms with Gasteiger partial charge < -0.3 is 4.74 Å². The Kier molecular flexibility index (Phi) is 4.55. The molecular formula is C17H22FN3O. The molecule has 1 aromatic carbocycles. The number of aromatic amines is 1. The largest absolute Gasteiger partial charge is 0.375 e. The number of nitrogens with zero attached hydrogens (tertiary/aromatic N) is 2. The standard InChI is InChI=1S/C17H22FN3O/c1-12-17(13(2)20-19-12)11-21-6-7-22-16(10-21)9-14-4-3-5-15(18)8-14/h3-5,8,16H,6-7,9-11H2,1-2H3,(H,19,20)/t16-/m1/s1. The topological polar surface area (TPSA) is 41.2 Å². The summed E-state index contributed by atoms with van der Waals surface area (Å²) in [5.41, 5.74) is 4.45. The highest BCUT2D eigenvalue weighted by atomic mass is 19.1. The number of ether oxygens (including phenoxy) is 1. The normalized spacial score (nSPS) is 19.5. The first kappa shape index (κ1) is 15.2. The summed E-state index contributed by atoms with van der Waals surface area (Å²) >= 11 is 0. The number of H-pyrrole nitrogens is 1. The summed E-state index contributed by atoms with van der Waals surface area (Å²) in [5.74, 6) is -0.185. The van der Waals surface area contributed by atoms with Crippen molar-refractivity contribution in [3.8, 4) is 0 Å². The van der Waals surface area contributed by atoms with Crippen molar-refractivity contribution in [2.75, 3.05) is 19.7 Å². The van der Waals surface area contributed by atoms with E-state index in [1.54, 1.807) is 12.1 Å². The van der Waals surface area contributed by atoms with Crippen molar-refractivity contribution in [1.82, 2.24) is 15.1 Å². The van der Waals surface area contributed by atoms with Crippen molar-refractivity contribution < 1.29 is 9.13 Å². The Hall–Kier alpha value is -1.72. The molecule has 1 aliphatic rings. The molecule has 1 saturated heterocycles. The average molecular weight is 303 g/mol. The van der Waals surface area contributed by atoms with E-state index in [-0.39, 0.29) is 11.9 Å². The lowest BCUT2D eigenvalue weighted by atomic mass is 10.1. The molecule has 1 aromatic heterocycles. The zero-order valence-corrected chi connectivity index (χ0v) is 13.1. The van der Waals surface area contributed by atoms with Crippen LogP contribution in [0.1, 0.15) is 22.5 Å². The van der Waals surface area contributed by atoms with Crippen LogP contribution in [0.5, 0.6) is 0 Å². The molecule has 3 rings (SSSR count). The molecule has 0 unspecified atom stereocenters. The van der Waals surface area contributed by atoms with Crippen molar-refractivity contribution >= 4 is 0 Å². The Morgan fingerprint density at radius 1 is 1.41 bits per heavy atom. The molecule has 1 fully saturated rings. The van der Waals surface area contributed by atoms with Gasteiger partial charge in [-0.15, -0.1) is 0 Å². The van der Waals surface area contributed by atoms with Crippen LogP contribution in [0.3, 0.4) is 0 Å². The van der Waals surface area contributed by atoms with Gasteiger partial charge in [-0.2, -0.15) is 5.10 Å². The predicted octanol–water partition coefficient (Wildman–Crippen LogP) is 2.61. The van der Waals surface area contributed by atoms with E-state index in [1.165, 1.54) is 11.6 Å². The van der Waals surface area contributed by atoms with Gasteiger partial charge in [0.2, 0.25) is 0 Å². The second-order valence-corrected chi connectivity index (χ2v) is 5.97. The number of nitrogens with one attached hydrogen (secondary N) is 1. The highest BCUT2D eigenvalue weighted by Crippen LogP contribution is 2.17. The third kappa shape index (κ3) is 3.54. The molecule has 4 nitrogen and oxygen atoms in total. The lowest BCUT2D eigenvalue weighted by Gasteiger charge is -2.33. The molecule has 2 heterocycles. The first-order valence-corrected chi connectivity index (χ1v) is 7.70. The van der Waals surface area contributed by atoms with Gasteiger partial charge in [0, 0.05) is 30.9 Å². The van der Waals surface area contributed by atoms with Crippen LogP contribution >= 0.6 is 0 Å². The van der Waals surface area contributed by atoms with Gasteiger partial charge in [0.1, 0.15) is 5.82 Å². The van der Waals surface area contributed by atoms with Crippen molar-refractivity contribution in [1.29, 1.82) is 0 Å². The highest BCUT2D eigenvalue weighted by Gasteiger charge is 2.22. The Labute approximate surface area is 130 Å². The van der Waals surface area contributed by atoms with Crippen molar-refractivity contribution in [3.05, 3.63) is 52.6 Å². The number of morpholine rings is 1. The fraction of sp³-hybridized carbons (Fsp3) is 0.471. The van der Waals surface area contributed by atoms with Crippen LogP contribution in [-0.4, -0.2) is 40.9 Å². The van der Waals surface area contributed by atoms with E-state index < -0.39 is 0 Å². The molecule has 1 atom stereocenters. The summed E-state index contributed by atoms with van der Waals surface area (Å²) < 4.78 is 19.1. The lowest BCUT2D eigenvalue weighted by molar-refractivity contribution is -0.0306. The van der Waals surface area contributed by atoms with Crippen LogP contribution in [0.15, 0.2) is 24.3 Å². The third-order valence-corrected chi connectivity index (χ3v) is 4.24. The smallest absolute Gasteiger partial charge is 0.123 e. The van der Waals surface area contributed by atoms with E-state index in [4.69, 9.17) is 4.74 Å². The number of aryl methyl sites for hydroxylation is 2. The average Bonchev–Trinajstić information content (AvgIpc) is 2.80. The van der Waals surface area contributed by atoms with E-state index in [0.717, 1.165) is 49.6 Å². The minimum atomic E-state index is -0.185.